The number of halogens is 2. The van der Waals surface area contributed by atoms with Crippen molar-refractivity contribution in [3.05, 3.63) is 63.4 Å². The lowest BCUT2D eigenvalue weighted by atomic mass is 9.92. The first-order valence-corrected chi connectivity index (χ1v) is 13.5. The monoisotopic (exact) mass is 542 g/mol. The van der Waals surface area contributed by atoms with E-state index in [0.29, 0.717) is 27.4 Å². The van der Waals surface area contributed by atoms with Crippen molar-refractivity contribution in [2.24, 2.45) is 0 Å². The van der Waals surface area contributed by atoms with Crippen molar-refractivity contribution in [2.75, 3.05) is 4.90 Å². The van der Waals surface area contributed by atoms with Crippen LogP contribution in [-0.4, -0.2) is 36.2 Å². The summed E-state index contributed by atoms with van der Waals surface area (Å²) in [5.74, 6) is 1.33. The lowest BCUT2D eigenvalue weighted by molar-refractivity contribution is 0.0588. The zero-order valence-corrected chi connectivity index (χ0v) is 23.3. The van der Waals surface area contributed by atoms with E-state index in [1.165, 1.54) is 6.42 Å². The van der Waals surface area contributed by atoms with E-state index >= 15 is 0 Å². The molecule has 1 aromatic carbocycles. The van der Waals surface area contributed by atoms with E-state index < -0.39 is 17.7 Å². The van der Waals surface area contributed by atoms with Crippen LogP contribution in [0, 0.1) is 6.92 Å². The van der Waals surface area contributed by atoms with Crippen molar-refractivity contribution >= 4 is 40.7 Å². The van der Waals surface area contributed by atoms with Crippen molar-refractivity contribution in [1.82, 2.24) is 24.5 Å². The molecule has 0 spiro atoms. The highest BCUT2D eigenvalue weighted by Crippen LogP contribution is 2.46. The molecule has 2 aliphatic rings. The van der Waals surface area contributed by atoms with E-state index in [0.717, 1.165) is 42.5 Å². The number of fused-ring (bicyclic) bond motifs is 1. The highest BCUT2D eigenvalue weighted by Gasteiger charge is 2.40. The van der Waals surface area contributed by atoms with E-state index in [9.17, 15) is 4.79 Å². The van der Waals surface area contributed by atoms with E-state index in [-0.39, 0.29) is 6.04 Å². The number of aromatic nitrogens is 5. The van der Waals surface area contributed by atoms with Gasteiger partial charge in [0.15, 0.2) is 5.82 Å². The molecule has 0 bridgehead atoms. The maximum atomic E-state index is 13.6. The Labute approximate surface area is 227 Å². The molecule has 0 radical (unpaired) electrons. The molecule has 3 aromatic rings. The minimum Gasteiger partial charge on any atom is -0.443 e. The number of benzene rings is 1. The molecule has 3 heterocycles. The van der Waals surface area contributed by atoms with Crippen molar-refractivity contribution in [3.8, 4) is 0 Å². The predicted molar refractivity (Wildman–Crippen MR) is 145 cm³/mol. The molecule has 8 nitrogen and oxygen atoms in total. The fraction of sp³-hybridized carbons (Fsp3) is 0.481. The van der Waals surface area contributed by atoms with Gasteiger partial charge in [0.25, 0.3) is 0 Å². The van der Waals surface area contributed by atoms with Crippen molar-refractivity contribution in [1.29, 1.82) is 0 Å². The second-order valence-corrected chi connectivity index (χ2v) is 11.6. The summed E-state index contributed by atoms with van der Waals surface area (Å²) in [7, 11) is 0. The number of hydrogen-bond acceptors (Lipinski definition) is 5. The van der Waals surface area contributed by atoms with E-state index in [1.54, 1.807) is 17.3 Å². The lowest BCUT2D eigenvalue weighted by Crippen LogP contribution is -2.41. The Kier molecular flexibility index (Phi) is 6.83. The summed E-state index contributed by atoms with van der Waals surface area (Å²) < 4.78 is 9.71. The molecule has 196 valence electrons. The van der Waals surface area contributed by atoms with Gasteiger partial charge in [0.1, 0.15) is 23.8 Å². The first-order valence-electron chi connectivity index (χ1n) is 12.7. The van der Waals surface area contributed by atoms with E-state index in [4.69, 9.17) is 38.0 Å². The molecular formula is C27H32Cl2N6O2. The highest BCUT2D eigenvalue weighted by atomic mass is 35.5. The lowest BCUT2D eigenvalue weighted by Gasteiger charge is -2.37. The summed E-state index contributed by atoms with van der Waals surface area (Å²) in [5.41, 5.74) is 2.53. The SMILES string of the molecule is CC1=C(c2ncnn2C2CCCCC2)[C@@H](c2ccc(Cl)c(Cl)c2)n2nc(C)cc2N1C(=O)OC(C)(C)C. The van der Waals surface area contributed by atoms with Crippen LogP contribution in [0.4, 0.5) is 10.6 Å². The molecular weight excluding hydrogens is 511 g/mol. The van der Waals surface area contributed by atoms with Crippen molar-refractivity contribution < 1.29 is 9.53 Å². The van der Waals surface area contributed by atoms with Gasteiger partial charge in [-0.1, -0.05) is 48.5 Å². The second kappa shape index (κ2) is 9.80. The zero-order chi connectivity index (χ0) is 26.5. The smallest absolute Gasteiger partial charge is 0.420 e. The quantitative estimate of drug-likeness (QED) is 0.345. The molecule has 1 atom stereocenters. The topological polar surface area (TPSA) is 78.1 Å². The van der Waals surface area contributed by atoms with Crippen molar-refractivity contribution in [2.45, 2.75) is 84.4 Å². The van der Waals surface area contributed by atoms with Gasteiger partial charge in [-0.05, 0) is 65.2 Å². The van der Waals surface area contributed by atoms with Crippen LogP contribution in [-0.2, 0) is 4.74 Å². The summed E-state index contributed by atoms with van der Waals surface area (Å²) in [6.45, 7) is 9.40. The molecule has 0 N–H and O–H groups in total. The number of rotatable bonds is 3. The van der Waals surface area contributed by atoms with Gasteiger partial charge in [0.05, 0.1) is 21.8 Å². The first kappa shape index (κ1) is 25.8. The molecule has 1 aliphatic carbocycles. The number of carbonyl (C=O) groups is 1. The summed E-state index contributed by atoms with van der Waals surface area (Å²) in [4.78, 5) is 19.9. The number of allylic oxidation sites excluding steroid dienone is 2. The molecule has 2 aromatic heterocycles. The number of aryl methyl sites for hydroxylation is 1. The highest BCUT2D eigenvalue weighted by molar-refractivity contribution is 6.42. The molecule has 5 rings (SSSR count). The third-order valence-corrected chi connectivity index (χ3v) is 7.62. The van der Waals surface area contributed by atoms with Gasteiger partial charge in [0.2, 0.25) is 0 Å². The molecule has 37 heavy (non-hydrogen) atoms. The summed E-state index contributed by atoms with van der Waals surface area (Å²) >= 11 is 12.8. The largest absolute Gasteiger partial charge is 0.443 e. The molecule has 1 amide bonds. The predicted octanol–water partition coefficient (Wildman–Crippen LogP) is 7.37. The van der Waals surface area contributed by atoms with Gasteiger partial charge in [-0.15, -0.1) is 0 Å². The van der Waals surface area contributed by atoms with Crippen LogP contribution in [0.5, 0.6) is 0 Å². The Balaban J connectivity index is 1.74. The van der Waals surface area contributed by atoms with E-state index in [1.807, 2.05) is 62.2 Å². The second-order valence-electron chi connectivity index (χ2n) is 10.8. The van der Waals surface area contributed by atoms with Crippen LogP contribution in [0.2, 0.25) is 10.0 Å². The summed E-state index contributed by atoms with van der Waals surface area (Å²) in [6.07, 6.45) is 6.76. The Bertz CT molecular complexity index is 1360. The molecule has 0 saturated heterocycles. The fourth-order valence-corrected chi connectivity index (χ4v) is 5.63. The Morgan fingerprint density at radius 2 is 1.76 bits per heavy atom. The number of anilines is 1. The third-order valence-electron chi connectivity index (χ3n) is 6.88. The van der Waals surface area contributed by atoms with Gasteiger partial charge >= 0.3 is 6.09 Å². The third kappa shape index (κ3) is 4.89. The maximum Gasteiger partial charge on any atom is 0.420 e. The Hall–Kier alpha value is -2.84. The van der Waals surface area contributed by atoms with Crippen LogP contribution in [0.15, 0.2) is 36.3 Å². The van der Waals surface area contributed by atoms with Gasteiger partial charge in [-0.2, -0.15) is 10.2 Å². The molecule has 1 saturated carbocycles. The van der Waals surface area contributed by atoms with Crippen LogP contribution in [0.3, 0.4) is 0 Å². The Morgan fingerprint density at radius 3 is 2.43 bits per heavy atom. The molecule has 1 aliphatic heterocycles. The number of hydrogen-bond donors (Lipinski definition) is 0. The van der Waals surface area contributed by atoms with Crippen molar-refractivity contribution in [3.63, 3.8) is 0 Å². The fourth-order valence-electron chi connectivity index (χ4n) is 5.32. The molecule has 1 fully saturated rings. The Morgan fingerprint density at radius 1 is 1.03 bits per heavy atom. The number of amides is 1. The van der Waals surface area contributed by atoms with Crippen LogP contribution >= 0.6 is 23.2 Å². The minimum absolute atomic E-state index is 0.247. The zero-order valence-electron chi connectivity index (χ0n) is 21.8. The van der Waals surface area contributed by atoms with Crippen LogP contribution in [0.25, 0.3) is 5.57 Å². The van der Waals surface area contributed by atoms with Crippen LogP contribution < -0.4 is 4.90 Å². The van der Waals surface area contributed by atoms with E-state index in [2.05, 4.69) is 5.10 Å². The molecule has 0 unspecified atom stereocenters. The average Bonchev–Trinajstić information content (AvgIpc) is 3.45. The van der Waals surface area contributed by atoms with Gasteiger partial charge in [-0.3, -0.25) is 0 Å². The summed E-state index contributed by atoms with van der Waals surface area (Å²) in [5, 5.41) is 10.4. The molecule has 10 heteroatoms. The number of nitrogens with zero attached hydrogens (tertiary/aromatic N) is 6. The maximum absolute atomic E-state index is 13.6. The van der Waals surface area contributed by atoms with Crippen LogP contribution in [0.1, 0.15) is 89.0 Å². The van der Waals surface area contributed by atoms with Gasteiger partial charge in [-0.25, -0.2) is 24.0 Å². The average molecular weight is 543 g/mol. The number of ether oxygens (including phenoxy) is 1. The van der Waals surface area contributed by atoms with Gasteiger partial charge < -0.3 is 4.74 Å². The first-order chi connectivity index (χ1) is 17.5. The minimum atomic E-state index is -0.667. The standard InChI is InChI=1S/C27H32Cl2N6O2/c1-16-13-22-33(26(36)37-27(3,4)5)17(2)23(25-30-15-31-34(25)19-9-7-6-8-10-19)24(35(22)32-16)18-11-12-20(28)21(29)14-18/h11-15,19,24H,6-10H2,1-5H3/t24-/m1/s1. The normalized spacial score (nSPS) is 18.8. The summed E-state index contributed by atoms with van der Waals surface area (Å²) in [6, 6.07) is 7.32. The number of carbonyl (C=O) groups excluding carboxylic acids is 1. The van der Waals surface area contributed by atoms with Gasteiger partial charge in [0, 0.05) is 17.3 Å².